The van der Waals surface area contributed by atoms with Crippen LogP contribution >= 0.6 is 0 Å². The molecule has 2 aromatic rings. The number of nitrogens with zero attached hydrogens (tertiary/aromatic N) is 3. The van der Waals surface area contributed by atoms with Crippen LogP contribution in [0, 0.1) is 13.8 Å². The van der Waals surface area contributed by atoms with Gasteiger partial charge in [-0.1, -0.05) is 18.2 Å². The lowest BCUT2D eigenvalue weighted by molar-refractivity contribution is 0.655. The van der Waals surface area contributed by atoms with E-state index in [2.05, 4.69) is 36.2 Å². The van der Waals surface area contributed by atoms with Crippen LogP contribution in [0.5, 0.6) is 0 Å². The molecule has 0 spiro atoms. The Kier molecular flexibility index (Phi) is 2.08. The minimum atomic E-state index is 0.939. The Morgan fingerprint density at radius 1 is 1.21 bits per heavy atom. The summed E-state index contributed by atoms with van der Waals surface area (Å²) in [6.45, 7) is 4.22. The van der Waals surface area contributed by atoms with Crippen molar-refractivity contribution in [3.05, 3.63) is 35.5 Å². The molecule has 0 bridgehead atoms. The molecule has 0 aliphatic carbocycles. The molecule has 0 aliphatic rings. The van der Waals surface area contributed by atoms with Crippen LogP contribution in [0.15, 0.2) is 24.4 Å². The molecule has 3 nitrogen and oxygen atoms in total. The van der Waals surface area contributed by atoms with Crippen molar-refractivity contribution in [2.24, 2.45) is 7.05 Å². The first-order valence-corrected chi connectivity index (χ1v) is 4.61. The van der Waals surface area contributed by atoms with Gasteiger partial charge in [-0.3, -0.25) is 0 Å². The third-order valence-electron chi connectivity index (χ3n) is 2.48. The number of aryl methyl sites for hydroxylation is 2. The largest absolute Gasteiger partial charge is 0.187 e. The Bertz CT molecular complexity index is 457. The van der Waals surface area contributed by atoms with Gasteiger partial charge in [-0.05, 0) is 25.0 Å². The van der Waals surface area contributed by atoms with Crippen molar-refractivity contribution in [3.8, 4) is 11.3 Å². The van der Waals surface area contributed by atoms with E-state index >= 15 is 0 Å². The van der Waals surface area contributed by atoms with Crippen LogP contribution in [0.1, 0.15) is 11.1 Å². The quantitative estimate of drug-likeness (QED) is 0.684. The minimum absolute atomic E-state index is 0.939. The first-order valence-electron chi connectivity index (χ1n) is 4.61. The molecular formula is C11H13N3. The van der Waals surface area contributed by atoms with E-state index in [-0.39, 0.29) is 0 Å². The van der Waals surface area contributed by atoms with Crippen molar-refractivity contribution in [1.82, 2.24) is 15.0 Å². The average molecular weight is 187 g/mol. The third kappa shape index (κ3) is 1.41. The lowest BCUT2D eigenvalue weighted by atomic mass is 10.0. The summed E-state index contributed by atoms with van der Waals surface area (Å²) in [5, 5.41) is 8.36. The van der Waals surface area contributed by atoms with Crippen LogP contribution in [0.2, 0.25) is 0 Å². The fourth-order valence-electron chi connectivity index (χ4n) is 1.50. The summed E-state index contributed by atoms with van der Waals surface area (Å²) in [5.74, 6) is 0. The molecule has 0 radical (unpaired) electrons. The van der Waals surface area contributed by atoms with E-state index in [1.807, 2.05) is 13.1 Å². The molecule has 0 unspecified atom stereocenters. The molecular weight excluding hydrogens is 174 g/mol. The number of aromatic nitrogens is 3. The van der Waals surface area contributed by atoms with Gasteiger partial charge in [-0.15, -0.1) is 0 Å². The zero-order valence-corrected chi connectivity index (χ0v) is 8.65. The summed E-state index contributed by atoms with van der Waals surface area (Å²) in [5.41, 5.74) is 4.66. The minimum Gasteiger partial charge on any atom is -0.187 e. The lowest BCUT2D eigenvalue weighted by Crippen LogP contribution is -1.92. The predicted molar refractivity (Wildman–Crippen MR) is 55.9 cm³/mol. The Morgan fingerprint density at radius 2 is 2.00 bits per heavy atom. The fraction of sp³-hybridized carbons (Fsp3) is 0.273. The monoisotopic (exact) mass is 187 g/mol. The van der Waals surface area contributed by atoms with Crippen molar-refractivity contribution in [1.29, 1.82) is 0 Å². The van der Waals surface area contributed by atoms with E-state index in [0.717, 1.165) is 11.3 Å². The van der Waals surface area contributed by atoms with Gasteiger partial charge in [0, 0.05) is 12.6 Å². The second-order valence-electron chi connectivity index (χ2n) is 3.47. The highest BCUT2D eigenvalue weighted by molar-refractivity contribution is 5.63. The van der Waals surface area contributed by atoms with Gasteiger partial charge in [0.05, 0.1) is 6.20 Å². The van der Waals surface area contributed by atoms with Crippen molar-refractivity contribution < 1.29 is 0 Å². The average Bonchev–Trinajstić information content (AvgIpc) is 2.57. The molecule has 14 heavy (non-hydrogen) atoms. The van der Waals surface area contributed by atoms with Crippen molar-refractivity contribution in [2.75, 3.05) is 0 Å². The molecule has 0 atom stereocenters. The number of hydrogen-bond donors (Lipinski definition) is 0. The number of rotatable bonds is 1. The van der Waals surface area contributed by atoms with Crippen LogP contribution in [0.3, 0.4) is 0 Å². The Morgan fingerprint density at radius 3 is 2.64 bits per heavy atom. The molecule has 0 aliphatic heterocycles. The van der Waals surface area contributed by atoms with E-state index in [0.29, 0.717) is 0 Å². The third-order valence-corrected chi connectivity index (χ3v) is 2.48. The van der Waals surface area contributed by atoms with Crippen molar-refractivity contribution in [3.63, 3.8) is 0 Å². The van der Waals surface area contributed by atoms with Crippen molar-refractivity contribution >= 4 is 0 Å². The Labute approximate surface area is 83.4 Å². The predicted octanol–water partition coefficient (Wildman–Crippen LogP) is 2.10. The fourth-order valence-corrected chi connectivity index (χ4v) is 1.50. The van der Waals surface area contributed by atoms with Crippen molar-refractivity contribution in [2.45, 2.75) is 13.8 Å². The second-order valence-corrected chi connectivity index (χ2v) is 3.47. The maximum absolute atomic E-state index is 4.29. The number of benzene rings is 1. The summed E-state index contributed by atoms with van der Waals surface area (Å²) >= 11 is 0. The molecule has 72 valence electrons. The van der Waals surface area contributed by atoms with Crippen LogP contribution < -0.4 is 0 Å². The highest BCUT2D eigenvalue weighted by Crippen LogP contribution is 2.22. The molecule has 0 fully saturated rings. The zero-order chi connectivity index (χ0) is 10.1. The highest BCUT2D eigenvalue weighted by Gasteiger charge is 2.06. The van der Waals surface area contributed by atoms with E-state index < -0.39 is 0 Å². The van der Waals surface area contributed by atoms with Crippen LogP contribution in [0.4, 0.5) is 0 Å². The molecule has 2 rings (SSSR count). The smallest absolute Gasteiger partial charge is 0.113 e. The molecule has 1 heterocycles. The molecule has 0 amide bonds. The van der Waals surface area contributed by atoms with Gasteiger partial charge in [0.1, 0.15) is 5.69 Å². The number of hydrogen-bond acceptors (Lipinski definition) is 2. The molecule has 0 saturated carbocycles. The first kappa shape index (κ1) is 8.94. The normalized spacial score (nSPS) is 10.5. The van der Waals surface area contributed by atoms with E-state index in [4.69, 9.17) is 0 Å². The zero-order valence-electron chi connectivity index (χ0n) is 8.65. The summed E-state index contributed by atoms with van der Waals surface area (Å²) in [4.78, 5) is 1.58. The van der Waals surface area contributed by atoms with Gasteiger partial charge in [0.2, 0.25) is 0 Å². The molecule has 0 saturated heterocycles. The second kappa shape index (κ2) is 3.25. The summed E-state index contributed by atoms with van der Waals surface area (Å²) in [6, 6.07) is 6.23. The van der Waals surface area contributed by atoms with Gasteiger partial charge in [-0.25, -0.2) is 0 Å². The summed E-state index contributed by atoms with van der Waals surface area (Å²) < 4.78 is 0. The lowest BCUT2D eigenvalue weighted by Gasteiger charge is -2.04. The molecule has 1 aromatic carbocycles. The molecule has 0 N–H and O–H groups in total. The standard InChI is InChI=1S/C11H13N3/c1-8-5-4-6-10(9(8)2)11-7-12-14(3)13-11/h4-7H,1-3H3. The van der Waals surface area contributed by atoms with Gasteiger partial charge < -0.3 is 0 Å². The maximum atomic E-state index is 4.29. The van der Waals surface area contributed by atoms with Crippen LogP contribution in [-0.4, -0.2) is 15.0 Å². The summed E-state index contributed by atoms with van der Waals surface area (Å²) in [6.07, 6.45) is 1.79. The Balaban J connectivity index is 2.57. The van der Waals surface area contributed by atoms with Crippen LogP contribution in [-0.2, 0) is 7.05 Å². The Hall–Kier alpha value is -1.64. The van der Waals surface area contributed by atoms with E-state index in [1.165, 1.54) is 11.1 Å². The van der Waals surface area contributed by atoms with Crippen LogP contribution in [0.25, 0.3) is 11.3 Å². The summed E-state index contributed by atoms with van der Waals surface area (Å²) in [7, 11) is 1.83. The SMILES string of the molecule is Cc1cccc(-c2cnn(C)n2)c1C. The van der Waals surface area contributed by atoms with E-state index in [9.17, 15) is 0 Å². The van der Waals surface area contributed by atoms with Gasteiger partial charge in [0.15, 0.2) is 0 Å². The van der Waals surface area contributed by atoms with Gasteiger partial charge in [0.25, 0.3) is 0 Å². The first-order chi connectivity index (χ1) is 6.68. The molecule has 1 aromatic heterocycles. The molecule has 3 heteroatoms. The maximum Gasteiger partial charge on any atom is 0.113 e. The topological polar surface area (TPSA) is 30.7 Å². The van der Waals surface area contributed by atoms with Gasteiger partial charge >= 0.3 is 0 Å². The van der Waals surface area contributed by atoms with Gasteiger partial charge in [-0.2, -0.15) is 15.0 Å². The highest BCUT2D eigenvalue weighted by atomic mass is 15.4. The van der Waals surface area contributed by atoms with E-state index in [1.54, 1.807) is 11.0 Å².